The number of benzene rings is 1. The number of rotatable bonds is 4. The number of pyridine rings is 1. The first-order chi connectivity index (χ1) is 13.6. The fourth-order valence-electron chi connectivity index (χ4n) is 3.44. The van der Waals surface area contributed by atoms with Gasteiger partial charge in [-0.25, -0.2) is 9.97 Å². The standard InChI is InChI=1S/C21H24N6O/c1-15-3-8-19(22-13-15)27-11-9-17(10-12-27)21(28)24-18-6-4-16(5-7-18)20-23-14-26(2)25-20/h3-8,13-14,17H,9-12H2,1-2H3,(H,24,28). The monoisotopic (exact) mass is 376 g/mol. The smallest absolute Gasteiger partial charge is 0.227 e. The van der Waals surface area contributed by atoms with Crippen LogP contribution < -0.4 is 10.2 Å². The second kappa shape index (κ2) is 7.80. The van der Waals surface area contributed by atoms with Gasteiger partial charge in [0.1, 0.15) is 12.1 Å². The molecule has 1 N–H and O–H groups in total. The van der Waals surface area contributed by atoms with Crippen molar-refractivity contribution in [3.63, 3.8) is 0 Å². The summed E-state index contributed by atoms with van der Waals surface area (Å²) in [5, 5.41) is 7.33. The molecule has 2 aromatic heterocycles. The highest BCUT2D eigenvalue weighted by Crippen LogP contribution is 2.24. The molecular weight excluding hydrogens is 352 g/mol. The molecule has 1 fully saturated rings. The van der Waals surface area contributed by atoms with Crippen LogP contribution in [-0.2, 0) is 11.8 Å². The second-order valence-corrected chi connectivity index (χ2v) is 7.26. The minimum Gasteiger partial charge on any atom is -0.357 e. The minimum absolute atomic E-state index is 0.0267. The molecular formula is C21H24N6O. The zero-order chi connectivity index (χ0) is 19.5. The van der Waals surface area contributed by atoms with E-state index in [0.717, 1.165) is 48.6 Å². The third-order valence-corrected chi connectivity index (χ3v) is 5.10. The molecule has 1 aliphatic heterocycles. The summed E-state index contributed by atoms with van der Waals surface area (Å²) in [7, 11) is 1.84. The van der Waals surface area contributed by atoms with E-state index in [2.05, 4.69) is 31.3 Å². The van der Waals surface area contributed by atoms with Crippen molar-refractivity contribution in [1.29, 1.82) is 0 Å². The summed E-state index contributed by atoms with van der Waals surface area (Å²) in [5.41, 5.74) is 2.88. The Labute approximate surface area is 164 Å². The van der Waals surface area contributed by atoms with E-state index < -0.39 is 0 Å². The molecule has 1 aliphatic rings. The summed E-state index contributed by atoms with van der Waals surface area (Å²) in [4.78, 5) is 23.6. The van der Waals surface area contributed by atoms with E-state index in [0.29, 0.717) is 5.82 Å². The fourth-order valence-corrected chi connectivity index (χ4v) is 3.44. The van der Waals surface area contributed by atoms with Gasteiger partial charge in [0.2, 0.25) is 5.91 Å². The van der Waals surface area contributed by atoms with Crippen LogP contribution in [0.3, 0.4) is 0 Å². The Morgan fingerprint density at radius 1 is 1.07 bits per heavy atom. The summed E-state index contributed by atoms with van der Waals surface area (Å²) in [6, 6.07) is 11.8. The summed E-state index contributed by atoms with van der Waals surface area (Å²) >= 11 is 0. The van der Waals surface area contributed by atoms with E-state index in [1.165, 1.54) is 0 Å². The molecule has 7 heteroatoms. The van der Waals surface area contributed by atoms with Crippen molar-refractivity contribution in [2.45, 2.75) is 19.8 Å². The summed E-state index contributed by atoms with van der Waals surface area (Å²) in [6.07, 6.45) is 5.22. The predicted molar refractivity (Wildman–Crippen MR) is 109 cm³/mol. The number of aromatic nitrogens is 4. The van der Waals surface area contributed by atoms with Crippen LogP contribution in [0.2, 0.25) is 0 Å². The molecule has 0 unspecified atom stereocenters. The van der Waals surface area contributed by atoms with Gasteiger partial charge in [0.25, 0.3) is 0 Å². The van der Waals surface area contributed by atoms with Crippen LogP contribution >= 0.6 is 0 Å². The van der Waals surface area contributed by atoms with E-state index >= 15 is 0 Å². The van der Waals surface area contributed by atoms with Gasteiger partial charge < -0.3 is 10.2 Å². The van der Waals surface area contributed by atoms with Crippen LogP contribution in [0, 0.1) is 12.8 Å². The average Bonchev–Trinajstić information content (AvgIpc) is 3.15. The number of nitrogens with one attached hydrogen (secondary N) is 1. The molecule has 1 amide bonds. The molecule has 4 rings (SSSR count). The summed E-state index contributed by atoms with van der Waals surface area (Å²) in [6.45, 7) is 3.73. The first kappa shape index (κ1) is 18.2. The number of amides is 1. The number of piperidine rings is 1. The zero-order valence-corrected chi connectivity index (χ0v) is 16.2. The van der Waals surface area contributed by atoms with E-state index in [1.807, 2.05) is 50.5 Å². The highest BCUT2D eigenvalue weighted by Gasteiger charge is 2.25. The number of nitrogens with zero attached hydrogens (tertiary/aromatic N) is 5. The first-order valence-corrected chi connectivity index (χ1v) is 9.53. The van der Waals surface area contributed by atoms with Crippen molar-refractivity contribution in [3.05, 3.63) is 54.5 Å². The van der Waals surface area contributed by atoms with Crippen LogP contribution in [0.15, 0.2) is 48.9 Å². The lowest BCUT2D eigenvalue weighted by atomic mass is 9.95. The number of hydrogen-bond acceptors (Lipinski definition) is 5. The minimum atomic E-state index is 0.0267. The van der Waals surface area contributed by atoms with Gasteiger partial charge in [-0.3, -0.25) is 9.48 Å². The quantitative estimate of drug-likeness (QED) is 0.757. The van der Waals surface area contributed by atoms with Gasteiger partial charge in [-0.05, 0) is 55.7 Å². The Balaban J connectivity index is 1.32. The molecule has 1 saturated heterocycles. The predicted octanol–water partition coefficient (Wildman–Crippen LogP) is 3.04. The van der Waals surface area contributed by atoms with Gasteiger partial charge in [0.05, 0.1) is 0 Å². The van der Waals surface area contributed by atoms with Crippen molar-refractivity contribution >= 4 is 17.4 Å². The largest absolute Gasteiger partial charge is 0.357 e. The Morgan fingerprint density at radius 3 is 2.43 bits per heavy atom. The van der Waals surface area contributed by atoms with Crippen LogP contribution in [0.25, 0.3) is 11.4 Å². The Bertz CT molecular complexity index is 940. The normalized spacial score (nSPS) is 14.9. The maximum Gasteiger partial charge on any atom is 0.227 e. The van der Waals surface area contributed by atoms with Crippen LogP contribution in [0.1, 0.15) is 18.4 Å². The maximum absolute atomic E-state index is 12.6. The zero-order valence-electron chi connectivity index (χ0n) is 16.2. The van der Waals surface area contributed by atoms with E-state index in [9.17, 15) is 4.79 Å². The van der Waals surface area contributed by atoms with Gasteiger partial charge in [0, 0.05) is 43.5 Å². The lowest BCUT2D eigenvalue weighted by molar-refractivity contribution is -0.120. The number of carbonyl (C=O) groups is 1. The molecule has 144 valence electrons. The Kier molecular flexibility index (Phi) is 5.06. The maximum atomic E-state index is 12.6. The van der Waals surface area contributed by atoms with Gasteiger partial charge >= 0.3 is 0 Å². The molecule has 3 aromatic rings. The second-order valence-electron chi connectivity index (χ2n) is 7.26. The van der Waals surface area contributed by atoms with Crippen molar-refractivity contribution < 1.29 is 4.79 Å². The van der Waals surface area contributed by atoms with E-state index in [1.54, 1.807) is 11.0 Å². The number of carbonyl (C=O) groups excluding carboxylic acids is 1. The van der Waals surface area contributed by atoms with Crippen molar-refractivity contribution in [1.82, 2.24) is 19.7 Å². The topological polar surface area (TPSA) is 75.9 Å². The van der Waals surface area contributed by atoms with Gasteiger partial charge in [-0.15, -0.1) is 0 Å². The molecule has 0 aliphatic carbocycles. The van der Waals surface area contributed by atoms with E-state index in [-0.39, 0.29) is 11.8 Å². The highest BCUT2D eigenvalue weighted by atomic mass is 16.1. The van der Waals surface area contributed by atoms with Crippen molar-refractivity contribution in [2.24, 2.45) is 13.0 Å². The Hall–Kier alpha value is -3.22. The lowest BCUT2D eigenvalue weighted by Gasteiger charge is -2.32. The molecule has 3 heterocycles. The molecule has 0 saturated carbocycles. The molecule has 7 nitrogen and oxygen atoms in total. The fraction of sp³-hybridized carbons (Fsp3) is 0.333. The van der Waals surface area contributed by atoms with Gasteiger partial charge in [-0.2, -0.15) is 5.10 Å². The summed E-state index contributed by atoms with van der Waals surface area (Å²) < 4.78 is 1.67. The highest BCUT2D eigenvalue weighted by molar-refractivity contribution is 5.92. The molecule has 1 aromatic carbocycles. The third kappa shape index (κ3) is 4.03. The van der Waals surface area contributed by atoms with E-state index in [4.69, 9.17) is 0 Å². The summed E-state index contributed by atoms with van der Waals surface area (Å²) in [5.74, 6) is 1.78. The average molecular weight is 376 g/mol. The molecule has 28 heavy (non-hydrogen) atoms. The van der Waals surface area contributed by atoms with Crippen molar-refractivity contribution in [2.75, 3.05) is 23.3 Å². The number of anilines is 2. The Morgan fingerprint density at radius 2 is 1.82 bits per heavy atom. The molecule has 0 atom stereocenters. The first-order valence-electron chi connectivity index (χ1n) is 9.53. The SMILES string of the molecule is Cc1ccc(N2CCC(C(=O)Nc3ccc(-c4ncn(C)n4)cc3)CC2)nc1. The van der Waals surface area contributed by atoms with Crippen LogP contribution in [0.5, 0.6) is 0 Å². The third-order valence-electron chi connectivity index (χ3n) is 5.10. The number of hydrogen-bond donors (Lipinski definition) is 1. The molecule has 0 bridgehead atoms. The van der Waals surface area contributed by atoms with Crippen LogP contribution in [0.4, 0.5) is 11.5 Å². The van der Waals surface area contributed by atoms with Crippen LogP contribution in [-0.4, -0.2) is 38.7 Å². The lowest BCUT2D eigenvalue weighted by Crippen LogP contribution is -2.38. The van der Waals surface area contributed by atoms with Gasteiger partial charge in [0.15, 0.2) is 5.82 Å². The van der Waals surface area contributed by atoms with Crippen molar-refractivity contribution in [3.8, 4) is 11.4 Å². The molecule has 0 spiro atoms. The van der Waals surface area contributed by atoms with Gasteiger partial charge in [-0.1, -0.05) is 6.07 Å². The molecule has 0 radical (unpaired) electrons. The number of aryl methyl sites for hydroxylation is 2.